The molecule has 3 aromatic rings. The van der Waals surface area contributed by atoms with Crippen LogP contribution >= 0.6 is 11.6 Å². The number of fused-ring (bicyclic) bond motifs is 1. The van der Waals surface area contributed by atoms with E-state index in [1.807, 2.05) is 0 Å². The fourth-order valence-electron chi connectivity index (χ4n) is 2.20. The molecule has 0 unspecified atom stereocenters. The van der Waals surface area contributed by atoms with Gasteiger partial charge in [0.05, 0.1) is 5.02 Å². The van der Waals surface area contributed by atoms with Crippen molar-refractivity contribution in [3.8, 4) is 0 Å². The molecule has 0 spiro atoms. The van der Waals surface area contributed by atoms with Crippen molar-refractivity contribution in [3.05, 3.63) is 59.5 Å². The van der Waals surface area contributed by atoms with E-state index in [1.165, 1.54) is 6.92 Å². The Balaban J connectivity index is 1.81. The molecule has 0 aliphatic heterocycles. The topological polar surface area (TPSA) is 78.1 Å². The lowest BCUT2D eigenvalue weighted by atomic mass is 10.2. The van der Waals surface area contributed by atoms with E-state index in [4.69, 9.17) is 11.6 Å². The molecule has 3 N–H and O–H groups in total. The van der Waals surface area contributed by atoms with Gasteiger partial charge in [-0.25, -0.2) is 9.38 Å². The zero-order valence-electron chi connectivity index (χ0n) is 12.3. The monoisotopic (exact) mass is 329 g/mol. The number of carbonyl (C=O) groups is 2. The third-order valence-electron chi connectivity index (χ3n) is 3.16. The minimum absolute atomic E-state index is 0.169. The van der Waals surface area contributed by atoms with Gasteiger partial charge in [-0.15, -0.1) is 0 Å². The lowest BCUT2D eigenvalue weighted by Crippen LogP contribution is -2.18. The Bertz CT molecular complexity index is 904. The van der Waals surface area contributed by atoms with Crippen molar-refractivity contribution in [2.24, 2.45) is 0 Å². The first kappa shape index (κ1) is 15.1. The average Bonchev–Trinajstić information content (AvgIpc) is 2.90. The van der Waals surface area contributed by atoms with Gasteiger partial charge in [0.1, 0.15) is 12.4 Å². The summed E-state index contributed by atoms with van der Waals surface area (Å²) in [6, 6.07) is 10.5. The van der Waals surface area contributed by atoms with Crippen LogP contribution in [0.3, 0.4) is 0 Å². The van der Waals surface area contributed by atoms with Crippen molar-refractivity contribution >= 4 is 40.4 Å². The molecule has 0 aliphatic carbocycles. The van der Waals surface area contributed by atoms with E-state index in [2.05, 4.69) is 15.6 Å². The SMILES string of the molecule is CC(=O)Nc1cccc(NC(=O)c2c[n+]3cc(Cl)ccc3[nH]2)c1. The highest BCUT2D eigenvalue weighted by Gasteiger charge is 2.16. The Morgan fingerprint density at radius 2 is 1.83 bits per heavy atom. The fraction of sp³-hybridized carbons (Fsp3) is 0.0625. The summed E-state index contributed by atoms with van der Waals surface area (Å²) in [4.78, 5) is 26.4. The van der Waals surface area contributed by atoms with Gasteiger partial charge < -0.3 is 10.6 Å². The lowest BCUT2D eigenvalue weighted by molar-refractivity contribution is -0.509. The number of nitrogens with one attached hydrogen (secondary N) is 3. The van der Waals surface area contributed by atoms with Crippen LogP contribution in [-0.4, -0.2) is 16.8 Å². The molecule has 0 bridgehead atoms. The number of aromatic amines is 1. The van der Waals surface area contributed by atoms with E-state index in [9.17, 15) is 9.59 Å². The number of nitrogens with zero attached hydrogens (tertiary/aromatic N) is 1. The maximum absolute atomic E-state index is 12.3. The number of halogens is 1. The molecule has 2 heterocycles. The molecule has 0 fully saturated rings. The normalized spacial score (nSPS) is 10.5. The Morgan fingerprint density at radius 1 is 1.09 bits per heavy atom. The van der Waals surface area contributed by atoms with Gasteiger partial charge in [0, 0.05) is 24.4 Å². The number of anilines is 2. The third-order valence-corrected chi connectivity index (χ3v) is 3.38. The Kier molecular flexibility index (Phi) is 3.99. The van der Waals surface area contributed by atoms with E-state index >= 15 is 0 Å². The molecular formula is C16H14ClN4O2+. The van der Waals surface area contributed by atoms with Crippen LogP contribution < -0.4 is 15.0 Å². The summed E-state index contributed by atoms with van der Waals surface area (Å²) in [5.41, 5.74) is 2.36. The van der Waals surface area contributed by atoms with Gasteiger partial charge in [0.25, 0.3) is 11.6 Å². The number of aromatic nitrogens is 2. The van der Waals surface area contributed by atoms with Crippen LogP contribution in [0.1, 0.15) is 17.4 Å². The second-order valence-corrected chi connectivity index (χ2v) is 5.46. The Labute approximate surface area is 137 Å². The maximum atomic E-state index is 12.3. The van der Waals surface area contributed by atoms with E-state index in [0.717, 1.165) is 5.65 Å². The predicted octanol–water partition coefficient (Wildman–Crippen LogP) is 2.62. The van der Waals surface area contributed by atoms with Crippen LogP contribution in [0.2, 0.25) is 5.02 Å². The van der Waals surface area contributed by atoms with Crippen LogP contribution in [0.5, 0.6) is 0 Å². The fourth-order valence-corrected chi connectivity index (χ4v) is 2.37. The number of pyridine rings is 1. The number of hydrogen-bond acceptors (Lipinski definition) is 2. The largest absolute Gasteiger partial charge is 0.326 e. The van der Waals surface area contributed by atoms with E-state index in [0.29, 0.717) is 22.1 Å². The first-order valence-electron chi connectivity index (χ1n) is 6.90. The Morgan fingerprint density at radius 3 is 2.57 bits per heavy atom. The summed E-state index contributed by atoms with van der Waals surface area (Å²) in [6.07, 6.45) is 3.37. The van der Waals surface area contributed by atoms with E-state index in [-0.39, 0.29) is 11.8 Å². The van der Waals surface area contributed by atoms with Gasteiger partial charge in [-0.1, -0.05) is 17.7 Å². The van der Waals surface area contributed by atoms with Gasteiger partial charge in [0.15, 0.2) is 0 Å². The van der Waals surface area contributed by atoms with Crippen LogP contribution in [0.4, 0.5) is 11.4 Å². The number of hydrogen-bond donors (Lipinski definition) is 3. The van der Waals surface area contributed by atoms with Crippen LogP contribution in [0.15, 0.2) is 48.8 Å². The van der Waals surface area contributed by atoms with E-state index in [1.54, 1.807) is 53.2 Å². The molecule has 6 nitrogen and oxygen atoms in total. The molecule has 0 aliphatic rings. The zero-order valence-corrected chi connectivity index (χ0v) is 13.0. The molecule has 2 amide bonds. The van der Waals surface area contributed by atoms with Crippen LogP contribution in [0, 0.1) is 0 Å². The highest BCUT2D eigenvalue weighted by Crippen LogP contribution is 2.16. The van der Waals surface area contributed by atoms with Gasteiger partial charge in [0.2, 0.25) is 11.6 Å². The summed E-state index contributed by atoms with van der Waals surface area (Å²) in [5.74, 6) is -0.456. The maximum Gasteiger partial charge on any atom is 0.299 e. The van der Waals surface area contributed by atoms with Crippen molar-refractivity contribution in [2.45, 2.75) is 6.92 Å². The molecule has 1 aromatic carbocycles. The van der Waals surface area contributed by atoms with Crippen LogP contribution in [-0.2, 0) is 4.79 Å². The minimum Gasteiger partial charge on any atom is -0.326 e. The molecule has 0 radical (unpaired) electrons. The highest BCUT2D eigenvalue weighted by atomic mass is 35.5. The van der Waals surface area contributed by atoms with Gasteiger partial charge in [-0.2, -0.15) is 0 Å². The smallest absolute Gasteiger partial charge is 0.299 e. The summed E-state index contributed by atoms with van der Waals surface area (Å²) in [5, 5.41) is 6.03. The van der Waals surface area contributed by atoms with Crippen molar-refractivity contribution < 1.29 is 14.0 Å². The molecular weight excluding hydrogens is 316 g/mol. The molecule has 0 saturated heterocycles. The van der Waals surface area contributed by atoms with Crippen LogP contribution in [0.25, 0.3) is 5.65 Å². The second-order valence-electron chi connectivity index (χ2n) is 5.02. The first-order valence-corrected chi connectivity index (χ1v) is 7.27. The summed E-state index contributed by atoms with van der Waals surface area (Å²) in [7, 11) is 0. The quantitative estimate of drug-likeness (QED) is 0.646. The predicted molar refractivity (Wildman–Crippen MR) is 87.7 cm³/mol. The summed E-state index contributed by atoms with van der Waals surface area (Å²) in [6.45, 7) is 1.43. The van der Waals surface area contributed by atoms with E-state index < -0.39 is 0 Å². The summed E-state index contributed by atoms with van der Waals surface area (Å²) < 4.78 is 1.74. The van der Waals surface area contributed by atoms with Crippen molar-refractivity contribution in [1.82, 2.24) is 4.98 Å². The molecule has 23 heavy (non-hydrogen) atoms. The number of H-pyrrole nitrogens is 1. The molecule has 116 valence electrons. The molecule has 3 rings (SSSR count). The molecule has 7 heteroatoms. The van der Waals surface area contributed by atoms with Gasteiger partial charge >= 0.3 is 0 Å². The first-order chi connectivity index (χ1) is 11.0. The number of imidazole rings is 1. The summed E-state index contributed by atoms with van der Waals surface area (Å²) >= 11 is 5.93. The standard InChI is InChI=1S/C16H13ClN4O2/c1-10(22)18-12-3-2-4-13(7-12)19-16(23)14-9-21-8-11(17)5-6-15(21)20-14/h2-9H,1H3,(H2,18,19,22,23)/p+1. The number of carbonyl (C=O) groups excluding carboxylic acids is 2. The second kappa shape index (κ2) is 6.10. The zero-order chi connectivity index (χ0) is 16.4. The highest BCUT2D eigenvalue weighted by molar-refractivity contribution is 6.30. The minimum atomic E-state index is -0.287. The van der Waals surface area contributed by atoms with Crippen molar-refractivity contribution in [1.29, 1.82) is 0 Å². The number of amides is 2. The third kappa shape index (κ3) is 3.49. The lowest BCUT2D eigenvalue weighted by Gasteiger charge is -2.05. The van der Waals surface area contributed by atoms with Gasteiger partial charge in [-0.05, 0) is 24.3 Å². The van der Waals surface area contributed by atoms with Crippen molar-refractivity contribution in [2.75, 3.05) is 10.6 Å². The molecule has 2 aromatic heterocycles. The number of rotatable bonds is 3. The molecule has 0 atom stereocenters. The van der Waals surface area contributed by atoms with Crippen molar-refractivity contribution in [3.63, 3.8) is 0 Å². The molecule has 0 saturated carbocycles. The number of benzene rings is 1. The average molecular weight is 330 g/mol. The Hall–Kier alpha value is -2.86. The van der Waals surface area contributed by atoms with Gasteiger partial charge in [-0.3, -0.25) is 9.59 Å².